The predicted octanol–water partition coefficient (Wildman–Crippen LogP) is 1.66. The fourth-order valence-electron chi connectivity index (χ4n) is 2.02. The molecule has 2 aromatic carbocycles. The first kappa shape index (κ1) is 13.4. The van der Waals surface area contributed by atoms with Crippen molar-refractivity contribution in [1.29, 1.82) is 0 Å². The van der Waals surface area contributed by atoms with Gasteiger partial charge in [-0.2, -0.15) is 0 Å². The average Bonchev–Trinajstić information content (AvgIpc) is 2.50. The molecule has 90 valence electrons. The van der Waals surface area contributed by atoms with Gasteiger partial charge in [-0.05, 0) is 11.1 Å². The lowest BCUT2D eigenvalue weighted by molar-refractivity contribution is -0.148. The number of benzene rings is 2. The zero-order valence-electron chi connectivity index (χ0n) is 10.2. The van der Waals surface area contributed by atoms with Crippen LogP contribution in [0, 0.1) is 0 Å². The summed E-state index contributed by atoms with van der Waals surface area (Å²) in [7, 11) is 10.4. The average molecular weight is 248 g/mol. The highest BCUT2D eigenvalue weighted by molar-refractivity contribution is 6.09. The second kappa shape index (κ2) is 5.76. The van der Waals surface area contributed by atoms with E-state index in [9.17, 15) is 4.79 Å². The first-order valence-electron chi connectivity index (χ1n) is 5.66. The molecule has 5 heteroatoms. The number of carbonyl (C=O) groups is 1. The summed E-state index contributed by atoms with van der Waals surface area (Å²) in [5.41, 5.74) is -0.490. The Kier molecular flexibility index (Phi) is 4.07. The number of carbonyl (C=O) groups excluding carboxylic acids is 1. The van der Waals surface area contributed by atoms with Crippen LogP contribution in [0.5, 0.6) is 0 Å². The Hall–Kier alpha value is -2.00. The summed E-state index contributed by atoms with van der Waals surface area (Å²) in [6.45, 7) is 0. The van der Waals surface area contributed by atoms with Crippen LogP contribution in [-0.4, -0.2) is 22.1 Å². The van der Waals surface area contributed by atoms with Crippen LogP contribution >= 0.6 is 0 Å². The molecule has 0 N–H and O–H groups in total. The minimum absolute atomic E-state index is 0.541. The largest absolute Gasteiger partial charge is 0.541 e. The molecule has 0 aliphatic heterocycles. The molecular weight excluding hydrogens is 238 g/mol. The minimum atomic E-state index is -1.57. The highest BCUT2D eigenvalue weighted by Crippen LogP contribution is 2.34. The molecular formula is C14H10B2O3. The molecule has 3 nitrogen and oxygen atoms in total. The zero-order chi connectivity index (χ0) is 13.7. The fraction of sp³-hybridized carbons (Fsp3) is 0.0714. The summed E-state index contributed by atoms with van der Waals surface area (Å²) < 4.78 is 9.38. The van der Waals surface area contributed by atoms with Crippen LogP contribution in [-0.2, 0) is 19.7 Å². The van der Waals surface area contributed by atoms with Gasteiger partial charge in [0.1, 0.15) is 0 Å². The summed E-state index contributed by atoms with van der Waals surface area (Å²) in [5.74, 6) is -0.785. The molecule has 0 fully saturated rings. The van der Waals surface area contributed by atoms with Crippen molar-refractivity contribution in [2.45, 2.75) is 5.60 Å². The van der Waals surface area contributed by atoms with Crippen LogP contribution < -0.4 is 0 Å². The molecule has 4 radical (unpaired) electrons. The Balaban J connectivity index is 2.66. The third-order valence-corrected chi connectivity index (χ3v) is 2.93. The van der Waals surface area contributed by atoms with Gasteiger partial charge in [0.2, 0.25) is 0 Å². The summed E-state index contributed by atoms with van der Waals surface area (Å²) in [5, 5.41) is 0. The number of rotatable bonds is 4. The Morgan fingerprint density at radius 2 is 1.26 bits per heavy atom. The Labute approximate surface area is 114 Å². The molecule has 0 aromatic heterocycles. The van der Waals surface area contributed by atoms with Crippen molar-refractivity contribution < 1.29 is 14.1 Å². The summed E-state index contributed by atoms with van der Waals surface area (Å²) in [6, 6.07) is 17.6. The van der Waals surface area contributed by atoms with Crippen molar-refractivity contribution >= 4 is 22.1 Å². The van der Waals surface area contributed by atoms with Crippen LogP contribution in [0.2, 0.25) is 0 Å². The van der Waals surface area contributed by atoms with Crippen LogP contribution in [0.25, 0.3) is 0 Å². The maximum Gasteiger partial charge on any atom is 0.378 e. The monoisotopic (exact) mass is 248 g/mol. The third-order valence-electron chi connectivity index (χ3n) is 2.93. The molecule has 0 aliphatic rings. The van der Waals surface area contributed by atoms with E-state index in [1.54, 1.807) is 48.5 Å². The molecule has 0 atom stereocenters. The van der Waals surface area contributed by atoms with E-state index in [1.165, 1.54) is 0 Å². The van der Waals surface area contributed by atoms with E-state index >= 15 is 0 Å². The molecule has 2 rings (SSSR count). The standard InChI is InChI=1S/C14H10B2O3/c15-18-13(17)14(19-16,11-7-3-1-4-8-11)12-9-5-2-6-10-12/h1-10H. The lowest BCUT2D eigenvalue weighted by Gasteiger charge is -2.31. The second-order valence-electron chi connectivity index (χ2n) is 3.94. The van der Waals surface area contributed by atoms with Crippen LogP contribution in [0.4, 0.5) is 0 Å². The van der Waals surface area contributed by atoms with Gasteiger partial charge in [-0.25, -0.2) is 4.79 Å². The molecule has 0 saturated heterocycles. The normalized spacial score (nSPS) is 10.9. The summed E-state index contributed by atoms with van der Waals surface area (Å²) in [6.07, 6.45) is 0. The Morgan fingerprint density at radius 1 is 0.842 bits per heavy atom. The molecule has 0 saturated carbocycles. The van der Waals surface area contributed by atoms with E-state index in [4.69, 9.17) is 20.8 Å². The van der Waals surface area contributed by atoms with E-state index in [1.807, 2.05) is 12.1 Å². The van der Waals surface area contributed by atoms with Gasteiger partial charge in [-0.3, -0.25) is 0 Å². The smallest absolute Gasteiger partial charge is 0.378 e. The number of hydrogen-bond acceptors (Lipinski definition) is 3. The Bertz CT molecular complexity index is 504. The molecule has 19 heavy (non-hydrogen) atoms. The van der Waals surface area contributed by atoms with Gasteiger partial charge in [0, 0.05) is 0 Å². The van der Waals surface area contributed by atoms with Crippen molar-refractivity contribution in [2.75, 3.05) is 0 Å². The van der Waals surface area contributed by atoms with Gasteiger partial charge < -0.3 is 9.31 Å². The van der Waals surface area contributed by atoms with Crippen molar-refractivity contribution in [3.63, 3.8) is 0 Å². The van der Waals surface area contributed by atoms with Gasteiger partial charge >= 0.3 is 14.0 Å². The third kappa shape index (κ3) is 2.29. The van der Waals surface area contributed by atoms with Gasteiger partial charge in [-0.1, -0.05) is 60.7 Å². The summed E-state index contributed by atoms with van der Waals surface area (Å²) in [4.78, 5) is 12.1. The van der Waals surface area contributed by atoms with Crippen molar-refractivity contribution in [2.24, 2.45) is 0 Å². The molecule has 0 amide bonds. The maximum absolute atomic E-state index is 12.1. The van der Waals surface area contributed by atoms with Gasteiger partial charge in [0.25, 0.3) is 8.05 Å². The first-order valence-corrected chi connectivity index (χ1v) is 5.66. The maximum atomic E-state index is 12.1. The first-order chi connectivity index (χ1) is 9.25. The Morgan fingerprint density at radius 3 is 1.58 bits per heavy atom. The lowest BCUT2D eigenvalue weighted by Crippen LogP contribution is -2.40. The minimum Gasteiger partial charge on any atom is -0.541 e. The molecule has 2 aromatic rings. The van der Waals surface area contributed by atoms with Crippen LogP contribution in [0.15, 0.2) is 60.7 Å². The van der Waals surface area contributed by atoms with Crippen LogP contribution in [0.1, 0.15) is 11.1 Å². The van der Waals surface area contributed by atoms with E-state index in [2.05, 4.69) is 4.65 Å². The quantitative estimate of drug-likeness (QED) is 0.771. The molecule has 0 bridgehead atoms. The molecule has 0 unspecified atom stereocenters. The topological polar surface area (TPSA) is 35.5 Å². The highest BCUT2D eigenvalue weighted by atomic mass is 16.5. The van der Waals surface area contributed by atoms with E-state index in [-0.39, 0.29) is 0 Å². The van der Waals surface area contributed by atoms with Gasteiger partial charge in [0.05, 0.1) is 0 Å². The van der Waals surface area contributed by atoms with Crippen molar-refractivity contribution in [1.82, 2.24) is 0 Å². The van der Waals surface area contributed by atoms with E-state index in [0.717, 1.165) is 0 Å². The van der Waals surface area contributed by atoms with E-state index in [0.29, 0.717) is 11.1 Å². The SMILES string of the molecule is [B]OC(=O)C(O[B])(c1ccccc1)c1ccccc1. The second-order valence-corrected chi connectivity index (χ2v) is 3.94. The predicted molar refractivity (Wildman–Crippen MR) is 72.3 cm³/mol. The number of hydrogen-bond donors (Lipinski definition) is 0. The molecule has 0 aliphatic carbocycles. The van der Waals surface area contributed by atoms with Crippen molar-refractivity contribution in [3.05, 3.63) is 71.8 Å². The molecule has 0 spiro atoms. The molecule has 0 heterocycles. The van der Waals surface area contributed by atoms with Gasteiger partial charge in [-0.15, -0.1) is 0 Å². The fourth-order valence-corrected chi connectivity index (χ4v) is 2.02. The summed E-state index contributed by atoms with van der Waals surface area (Å²) >= 11 is 0. The zero-order valence-corrected chi connectivity index (χ0v) is 10.2. The van der Waals surface area contributed by atoms with E-state index < -0.39 is 11.6 Å². The lowest BCUT2D eigenvalue weighted by atomic mass is 9.85. The van der Waals surface area contributed by atoms with Gasteiger partial charge in [0.15, 0.2) is 5.60 Å². The van der Waals surface area contributed by atoms with Crippen LogP contribution in [0.3, 0.4) is 0 Å². The van der Waals surface area contributed by atoms with Crippen molar-refractivity contribution in [3.8, 4) is 0 Å². The highest BCUT2D eigenvalue weighted by Gasteiger charge is 2.42.